The van der Waals surface area contributed by atoms with Gasteiger partial charge in [-0.2, -0.15) is 0 Å². The van der Waals surface area contributed by atoms with E-state index in [2.05, 4.69) is 4.90 Å². The van der Waals surface area contributed by atoms with Crippen LogP contribution < -0.4 is 9.47 Å². The topological polar surface area (TPSA) is 82.6 Å². The molecule has 8 nitrogen and oxygen atoms in total. The third kappa shape index (κ3) is 7.94. The van der Waals surface area contributed by atoms with Crippen LogP contribution in [0.4, 0.5) is 0 Å². The molecule has 2 aliphatic rings. The van der Waals surface area contributed by atoms with Crippen LogP contribution in [0.25, 0.3) is 0 Å². The lowest BCUT2D eigenvalue weighted by Crippen LogP contribution is -2.51. The Balaban J connectivity index is 1.34. The van der Waals surface area contributed by atoms with Gasteiger partial charge < -0.3 is 24.4 Å². The van der Waals surface area contributed by atoms with E-state index < -0.39 is 5.60 Å². The maximum absolute atomic E-state index is 12.2. The zero-order valence-electron chi connectivity index (χ0n) is 22.0. The first-order valence-corrected chi connectivity index (χ1v) is 13.2. The number of β-amino-alcohol motifs (C(OH)–C–C–N with tert-alkyl or cyclic N) is 1. The average Bonchev–Trinajstić information content (AvgIpc) is 3.20. The van der Waals surface area contributed by atoms with Gasteiger partial charge in [-0.1, -0.05) is 29.8 Å². The predicted octanol–water partition coefficient (Wildman–Crippen LogP) is 2.86. The van der Waals surface area contributed by atoms with Crippen molar-refractivity contribution in [1.82, 2.24) is 14.7 Å². The lowest BCUT2D eigenvalue weighted by molar-refractivity contribution is -0.132. The Kier molecular flexibility index (Phi) is 9.05. The maximum Gasteiger partial charge on any atom is 0.222 e. The average molecular weight is 510 g/mol. The third-order valence-corrected chi connectivity index (χ3v) is 6.98. The summed E-state index contributed by atoms with van der Waals surface area (Å²) in [6.07, 6.45) is 2.42. The first-order chi connectivity index (χ1) is 17.8. The molecule has 2 aliphatic heterocycles. The van der Waals surface area contributed by atoms with E-state index >= 15 is 0 Å². The quantitative estimate of drug-likeness (QED) is 0.496. The van der Waals surface area contributed by atoms with Gasteiger partial charge in [-0.25, -0.2) is 0 Å². The molecule has 2 heterocycles. The van der Waals surface area contributed by atoms with Crippen LogP contribution in [0.3, 0.4) is 0 Å². The molecule has 1 N–H and O–H groups in total. The van der Waals surface area contributed by atoms with Gasteiger partial charge in [0, 0.05) is 52.6 Å². The molecule has 37 heavy (non-hydrogen) atoms. The van der Waals surface area contributed by atoms with Crippen LogP contribution in [-0.4, -0.2) is 89.7 Å². The van der Waals surface area contributed by atoms with Crippen molar-refractivity contribution in [2.24, 2.45) is 0 Å². The molecule has 4 rings (SSSR count). The number of aliphatic hydroxyl groups is 1. The van der Waals surface area contributed by atoms with E-state index in [-0.39, 0.29) is 25.0 Å². The highest BCUT2D eigenvalue weighted by Gasteiger charge is 2.37. The summed E-state index contributed by atoms with van der Waals surface area (Å²) in [7, 11) is 0. The van der Waals surface area contributed by atoms with E-state index in [0.29, 0.717) is 45.0 Å². The zero-order valence-corrected chi connectivity index (χ0v) is 22.0. The van der Waals surface area contributed by atoms with Crippen LogP contribution >= 0.6 is 0 Å². The summed E-state index contributed by atoms with van der Waals surface area (Å²) in [5.41, 5.74) is 1.02. The zero-order chi connectivity index (χ0) is 26.3. The van der Waals surface area contributed by atoms with Crippen LogP contribution in [-0.2, 0) is 16.1 Å². The summed E-state index contributed by atoms with van der Waals surface area (Å²) >= 11 is 0. The minimum absolute atomic E-state index is 0.0540. The minimum atomic E-state index is -1.20. The van der Waals surface area contributed by atoms with Gasteiger partial charge in [0.25, 0.3) is 0 Å². The molecule has 8 heteroatoms. The summed E-state index contributed by atoms with van der Waals surface area (Å²) in [6, 6.07) is 15.7. The molecule has 200 valence electrons. The Morgan fingerprint density at radius 1 is 1.03 bits per heavy atom. The van der Waals surface area contributed by atoms with Gasteiger partial charge >= 0.3 is 0 Å². The van der Waals surface area contributed by atoms with Crippen LogP contribution in [0.2, 0.25) is 0 Å². The monoisotopic (exact) mass is 509 g/mol. The molecule has 0 aliphatic carbocycles. The summed E-state index contributed by atoms with van der Waals surface area (Å²) in [4.78, 5) is 29.7. The number of amides is 2. The highest BCUT2D eigenvalue weighted by atomic mass is 16.5. The molecule has 2 aromatic carbocycles. The first kappa shape index (κ1) is 26.9. The highest BCUT2D eigenvalue weighted by Crippen LogP contribution is 2.22. The van der Waals surface area contributed by atoms with Crippen molar-refractivity contribution < 1.29 is 24.2 Å². The predicted molar refractivity (Wildman–Crippen MR) is 142 cm³/mol. The first-order valence-electron chi connectivity index (χ1n) is 13.2. The van der Waals surface area contributed by atoms with E-state index in [1.165, 1.54) is 6.92 Å². The summed E-state index contributed by atoms with van der Waals surface area (Å²) < 4.78 is 11.9. The van der Waals surface area contributed by atoms with Crippen LogP contribution in [0, 0.1) is 6.92 Å². The van der Waals surface area contributed by atoms with Crippen molar-refractivity contribution in [3.63, 3.8) is 0 Å². The lowest BCUT2D eigenvalue weighted by atomic mass is 10.0. The smallest absolute Gasteiger partial charge is 0.222 e. The van der Waals surface area contributed by atoms with Gasteiger partial charge in [-0.3, -0.25) is 14.5 Å². The van der Waals surface area contributed by atoms with Crippen LogP contribution in [0.1, 0.15) is 37.3 Å². The number of rotatable bonds is 10. The molecule has 0 bridgehead atoms. The largest absolute Gasteiger partial charge is 0.494 e. The van der Waals surface area contributed by atoms with Crippen molar-refractivity contribution in [3.05, 3.63) is 59.7 Å². The molecule has 2 saturated heterocycles. The number of ether oxygens (including phenoxy) is 2. The van der Waals surface area contributed by atoms with Gasteiger partial charge in [-0.15, -0.1) is 0 Å². The summed E-state index contributed by atoms with van der Waals surface area (Å²) in [5.74, 6) is 1.68. The van der Waals surface area contributed by atoms with Gasteiger partial charge in [-0.05, 0) is 49.6 Å². The highest BCUT2D eigenvalue weighted by molar-refractivity contribution is 5.78. The molecular weight excluding hydrogens is 470 g/mol. The summed E-state index contributed by atoms with van der Waals surface area (Å²) in [5, 5.41) is 11.5. The SMILES string of the molecule is CC(=O)N1CCN(Cc2cccc(OCCCN3CCCC3=O)c2)C[C@](O)(COc2ccc(C)cc2)C1. The molecular formula is C29H39N3O5. The lowest BCUT2D eigenvalue weighted by Gasteiger charge is -2.32. The molecule has 0 aromatic heterocycles. The maximum atomic E-state index is 12.2. The molecule has 2 amide bonds. The minimum Gasteiger partial charge on any atom is -0.494 e. The second kappa shape index (κ2) is 12.4. The van der Waals surface area contributed by atoms with Crippen molar-refractivity contribution >= 4 is 11.8 Å². The molecule has 0 radical (unpaired) electrons. The van der Waals surface area contributed by atoms with Crippen molar-refractivity contribution in [2.45, 2.75) is 45.3 Å². The van der Waals surface area contributed by atoms with Crippen molar-refractivity contribution in [2.75, 3.05) is 52.5 Å². The van der Waals surface area contributed by atoms with E-state index in [1.54, 1.807) is 4.90 Å². The normalized spacial score (nSPS) is 20.7. The number of benzene rings is 2. The Hall–Kier alpha value is -3.10. The van der Waals surface area contributed by atoms with Gasteiger partial charge in [0.1, 0.15) is 23.7 Å². The second-order valence-corrected chi connectivity index (χ2v) is 10.3. The third-order valence-electron chi connectivity index (χ3n) is 6.98. The Bertz CT molecular complexity index is 1060. The number of carbonyl (C=O) groups excluding carboxylic acids is 2. The Morgan fingerprint density at radius 2 is 1.84 bits per heavy atom. The molecule has 2 fully saturated rings. The molecule has 0 unspecified atom stereocenters. The standard InChI is InChI=1S/C29H39N3O5/c1-23-9-11-26(12-10-23)37-22-29(35)20-30(15-16-32(21-29)24(2)33)19-25-6-3-7-27(18-25)36-17-5-14-31-13-4-8-28(31)34/h3,6-7,9-12,18,35H,4-5,8,13-17,19-22H2,1-2H3/t29-/m1/s1. The number of hydrogen-bond acceptors (Lipinski definition) is 6. The number of nitrogens with zero attached hydrogens (tertiary/aromatic N) is 3. The van der Waals surface area contributed by atoms with E-state index in [1.807, 2.05) is 60.4 Å². The fourth-order valence-corrected chi connectivity index (χ4v) is 4.97. The molecule has 0 saturated carbocycles. The summed E-state index contributed by atoms with van der Waals surface area (Å²) in [6.45, 7) is 8.24. The van der Waals surface area contributed by atoms with Crippen molar-refractivity contribution in [1.29, 1.82) is 0 Å². The molecule has 1 atom stereocenters. The van der Waals surface area contributed by atoms with Crippen molar-refractivity contribution in [3.8, 4) is 11.5 Å². The number of aryl methyl sites for hydroxylation is 1. The molecule has 2 aromatic rings. The van der Waals surface area contributed by atoms with E-state index in [9.17, 15) is 14.7 Å². The van der Waals surface area contributed by atoms with E-state index in [4.69, 9.17) is 9.47 Å². The van der Waals surface area contributed by atoms with Gasteiger partial charge in [0.2, 0.25) is 11.8 Å². The number of carbonyl (C=O) groups is 2. The van der Waals surface area contributed by atoms with Gasteiger partial charge in [0.15, 0.2) is 0 Å². The number of likely N-dealkylation sites (tertiary alicyclic amines) is 1. The fraction of sp³-hybridized carbons (Fsp3) is 0.517. The fourth-order valence-electron chi connectivity index (χ4n) is 4.97. The van der Waals surface area contributed by atoms with Crippen LogP contribution in [0.15, 0.2) is 48.5 Å². The second-order valence-electron chi connectivity index (χ2n) is 10.3. The van der Waals surface area contributed by atoms with Crippen LogP contribution in [0.5, 0.6) is 11.5 Å². The van der Waals surface area contributed by atoms with Gasteiger partial charge in [0.05, 0.1) is 13.2 Å². The number of hydrogen-bond donors (Lipinski definition) is 1. The molecule has 0 spiro atoms. The van der Waals surface area contributed by atoms with E-state index in [0.717, 1.165) is 42.8 Å². The Labute approximate surface area is 219 Å². The Morgan fingerprint density at radius 3 is 2.57 bits per heavy atom.